The Balaban J connectivity index is 1.77. The van der Waals surface area contributed by atoms with Crippen LogP contribution < -0.4 is 11.1 Å². The topological polar surface area (TPSA) is 41.3 Å². The molecule has 0 bridgehead atoms. The first-order chi connectivity index (χ1) is 9.19. The van der Waals surface area contributed by atoms with E-state index in [1.54, 1.807) is 0 Å². The number of nitrogens with zero attached hydrogens (tertiary/aromatic N) is 1. The van der Waals surface area contributed by atoms with Crippen LogP contribution in [-0.4, -0.2) is 37.6 Å². The first-order valence-electron chi connectivity index (χ1n) is 6.80. The molecule has 1 heterocycles. The van der Waals surface area contributed by atoms with E-state index in [4.69, 9.17) is 5.73 Å². The fraction of sp³-hybridized carbons (Fsp3) is 0.571. The second-order valence-electron chi connectivity index (χ2n) is 5.08. The van der Waals surface area contributed by atoms with Gasteiger partial charge in [0.05, 0.1) is 5.69 Å². The van der Waals surface area contributed by atoms with Crippen LogP contribution in [0.15, 0.2) is 18.2 Å². The third kappa shape index (κ3) is 4.14. The molecule has 1 aliphatic heterocycles. The van der Waals surface area contributed by atoms with Crippen LogP contribution in [0.2, 0.25) is 0 Å². The fourth-order valence-electron chi connectivity index (χ4n) is 2.48. The van der Waals surface area contributed by atoms with Crippen molar-refractivity contribution < 1.29 is 8.78 Å². The van der Waals surface area contributed by atoms with Crippen LogP contribution in [0.5, 0.6) is 0 Å². The van der Waals surface area contributed by atoms with Crippen molar-refractivity contribution in [1.29, 1.82) is 0 Å². The molecule has 0 aromatic heterocycles. The number of rotatable bonds is 5. The SMILES string of the molecule is NCCN1CCC(CNc2ccc(F)cc2F)CC1. The van der Waals surface area contributed by atoms with Crippen molar-refractivity contribution in [1.82, 2.24) is 4.90 Å². The van der Waals surface area contributed by atoms with Gasteiger partial charge in [-0.2, -0.15) is 0 Å². The summed E-state index contributed by atoms with van der Waals surface area (Å²) in [6.45, 7) is 4.49. The zero-order chi connectivity index (χ0) is 13.7. The third-order valence-electron chi connectivity index (χ3n) is 3.66. The van der Waals surface area contributed by atoms with Crippen molar-refractivity contribution in [2.45, 2.75) is 12.8 Å². The maximum Gasteiger partial charge on any atom is 0.149 e. The predicted molar refractivity (Wildman–Crippen MR) is 73.1 cm³/mol. The molecule has 0 radical (unpaired) electrons. The minimum atomic E-state index is -0.543. The smallest absolute Gasteiger partial charge is 0.149 e. The highest BCUT2D eigenvalue weighted by Crippen LogP contribution is 2.20. The Morgan fingerprint density at radius 3 is 2.63 bits per heavy atom. The van der Waals surface area contributed by atoms with Crippen molar-refractivity contribution >= 4 is 5.69 Å². The number of hydrogen-bond acceptors (Lipinski definition) is 3. The summed E-state index contributed by atoms with van der Waals surface area (Å²) in [4.78, 5) is 2.36. The Labute approximate surface area is 112 Å². The van der Waals surface area contributed by atoms with E-state index < -0.39 is 11.6 Å². The molecule has 0 unspecified atom stereocenters. The summed E-state index contributed by atoms with van der Waals surface area (Å²) in [6.07, 6.45) is 2.19. The minimum absolute atomic E-state index is 0.380. The van der Waals surface area contributed by atoms with E-state index in [1.807, 2.05) is 0 Å². The monoisotopic (exact) mass is 269 g/mol. The summed E-state index contributed by atoms with van der Waals surface area (Å²) in [5, 5.41) is 3.07. The molecule has 1 aliphatic rings. The average molecular weight is 269 g/mol. The summed E-state index contributed by atoms with van der Waals surface area (Å²) >= 11 is 0. The Hall–Kier alpha value is -1.20. The standard InChI is InChI=1S/C14H21F2N3/c15-12-1-2-14(13(16)9-12)18-10-11-3-6-19(7-4-11)8-5-17/h1-2,9,11,18H,3-8,10,17H2. The Bertz CT molecular complexity index is 404. The molecule has 3 N–H and O–H groups in total. The summed E-state index contributed by atoms with van der Waals surface area (Å²) in [6, 6.07) is 3.63. The lowest BCUT2D eigenvalue weighted by molar-refractivity contribution is 0.194. The Kier molecular flexibility index (Phi) is 5.10. The van der Waals surface area contributed by atoms with Gasteiger partial charge in [-0.3, -0.25) is 0 Å². The molecule has 0 atom stereocenters. The van der Waals surface area contributed by atoms with E-state index >= 15 is 0 Å². The molecule has 0 spiro atoms. The second-order valence-corrected chi connectivity index (χ2v) is 5.08. The van der Waals surface area contributed by atoms with Crippen molar-refractivity contribution in [2.75, 3.05) is 38.0 Å². The van der Waals surface area contributed by atoms with Crippen molar-refractivity contribution in [3.63, 3.8) is 0 Å². The lowest BCUT2D eigenvalue weighted by atomic mass is 9.96. The number of anilines is 1. The van der Waals surface area contributed by atoms with Crippen molar-refractivity contribution in [3.05, 3.63) is 29.8 Å². The summed E-state index contributed by atoms with van der Waals surface area (Å²) in [5.74, 6) is -0.530. The Morgan fingerprint density at radius 2 is 2.00 bits per heavy atom. The quantitative estimate of drug-likeness (QED) is 0.859. The first kappa shape index (κ1) is 14.2. The molecular formula is C14H21F2N3. The fourth-order valence-corrected chi connectivity index (χ4v) is 2.48. The van der Waals surface area contributed by atoms with Gasteiger partial charge in [-0.25, -0.2) is 8.78 Å². The highest BCUT2D eigenvalue weighted by Gasteiger charge is 2.18. The summed E-state index contributed by atoms with van der Waals surface area (Å²) in [7, 11) is 0. The molecule has 0 amide bonds. The van der Waals surface area contributed by atoms with Crippen molar-refractivity contribution in [2.24, 2.45) is 11.7 Å². The number of nitrogens with two attached hydrogens (primary N) is 1. The van der Waals surface area contributed by atoms with Crippen LogP contribution in [0.1, 0.15) is 12.8 Å². The number of likely N-dealkylation sites (tertiary alicyclic amines) is 1. The molecular weight excluding hydrogens is 248 g/mol. The highest BCUT2D eigenvalue weighted by atomic mass is 19.1. The summed E-state index contributed by atoms with van der Waals surface area (Å²) in [5.41, 5.74) is 5.91. The molecule has 1 fully saturated rings. The van der Waals surface area contributed by atoms with Gasteiger partial charge < -0.3 is 16.0 Å². The van der Waals surface area contributed by atoms with Crippen LogP contribution in [-0.2, 0) is 0 Å². The average Bonchev–Trinajstić information content (AvgIpc) is 2.40. The van der Waals surface area contributed by atoms with Crippen molar-refractivity contribution in [3.8, 4) is 0 Å². The van der Waals surface area contributed by atoms with Crippen LogP contribution in [0.4, 0.5) is 14.5 Å². The third-order valence-corrected chi connectivity index (χ3v) is 3.66. The van der Waals surface area contributed by atoms with Crippen LogP contribution >= 0.6 is 0 Å². The van der Waals surface area contributed by atoms with Crippen LogP contribution in [0, 0.1) is 17.6 Å². The zero-order valence-electron chi connectivity index (χ0n) is 11.0. The van der Waals surface area contributed by atoms with Crippen LogP contribution in [0.25, 0.3) is 0 Å². The number of benzene rings is 1. The van der Waals surface area contributed by atoms with E-state index in [2.05, 4.69) is 10.2 Å². The van der Waals surface area contributed by atoms with E-state index in [1.165, 1.54) is 12.1 Å². The second kappa shape index (κ2) is 6.82. The predicted octanol–water partition coefficient (Wildman–Crippen LogP) is 2.05. The van der Waals surface area contributed by atoms with E-state index in [0.29, 0.717) is 18.2 Å². The number of halogens is 2. The maximum atomic E-state index is 13.4. The first-order valence-corrected chi connectivity index (χ1v) is 6.80. The van der Waals surface area contributed by atoms with Gasteiger partial charge >= 0.3 is 0 Å². The molecule has 106 valence electrons. The largest absolute Gasteiger partial charge is 0.382 e. The number of nitrogens with one attached hydrogen (secondary N) is 1. The number of hydrogen-bond donors (Lipinski definition) is 2. The van der Waals surface area contributed by atoms with E-state index in [-0.39, 0.29) is 0 Å². The summed E-state index contributed by atoms with van der Waals surface area (Å²) < 4.78 is 26.2. The van der Waals surface area contributed by atoms with Gasteiger partial charge in [0.15, 0.2) is 0 Å². The molecule has 19 heavy (non-hydrogen) atoms. The van der Waals surface area contributed by atoms with Gasteiger partial charge in [-0.1, -0.05) is 0 Å². The Morgan fingerprint density at radius 1 is 1.26 bits per heavy atom. The molecule has 0 aliphatic carbocycles. The van der Waals surface area contributed by atoms with E-state index in [9.17, 15) is 8.78 Å². The van der Waals surface area contributed by atoms with Gasteiger partial charge in [-0.05, 0) is 44.0 Å². The van der Waals surface area contributed by atoms with Gasteiger partial charge in [-0.15, -0.1) is 0 Å². The van der Waals surface area contributed by atoms with E-state index in [0.717, 1.165) is 45.1 Å². The maximum absolute atomic E-state index is 13.4. The molecule has 3 nitrogen and oxygen atoms in total. The lowest BCUT2D eigenvalue weighted by Crippen LogP contribution is -2.38. The van der Waals surface area contributed by atoms with Crippen LogP contribution in [0.3, 0.4) is 0 Å². The molecule has 5 heteroatoms. The molecule has 2 rings (SSSR count). The van der Waals surface area contributed by atoms with Gasteiger partial charge in [0.2, 0.25) is 0 Å². The number of piperidine rings is 1. The normalized spacial score (nSPS) is 17.6. The van der Waals surface area contributed by atoms with Gasteiger partial charge in [0.1, 0.15) is 11.6 Å². The van der Waals surface area contributed by atoms with Gasteiger partial charge in [0.25, 0.3) is 0 Å². The molecule has 1 aromatic rings. The minimum Gasteiger partial charge on any atom is -0.382 e. The van der Waals surface area contributed by atoms with Gasteiger partial charge in [0, 0.05) is 25.7 Å². The molecule has 1 saturated heterocycles. The lowest BCUT2D eigenvalue weighted by Gasteiger charge is -2.31. The zero-order valence-corrected chi connectivity index (χ0v) is 11.0. The highest BCUT2D eigenvalue weighted by molar-refractivity contribution is 5.44. The molecule has 1 aromatic carbocycles. The molecule has 0 saturated carbocycles.